The fourth-order valence-corrected chi connectivity index (χ4v) is 4.34. The predicted molar refractivity (Wildman–Crippen MR) is 99.7 cm³/mol. The first kappa shape index (κ1) is 19.4. The van der Waals surface area contributed by atoms with E-state index in [1.54, 1.807) is 36.4 Å². The standard InChI is InChI=1S/C17H22N2O4S2/c1-4-15-9-10-17(24-15)25(21,22)18-11-16(20)19-13-5-7-14(8-6-13)23-12(2)3/h5-10,12,18H,4,11H2,1-3H3,(H,19,20). The molecule has 2 N–H and O–H groups in total. The molecule has 1 heterocycles. The van der Waals surface area contributed by atoms with Crippen molar-refractivity contribution >= 4 is 33.0 Å². The zero-order chi connectivity index (χ0) is 18.4. The number of anilines is 1. The Labute approximate surface area is 152 Å². The number of rotatable bonds is 8. The quantitative estimate of drug-likeness (QED) is 0.735. The number of hydrogen-bond donors (Lipinski definition) is 2. The molecule has 136 valence electrons. The summed E-state index contributed by atoms with van der Waals surface area (Å²) in [6.07, 6.45) is 0.845. The van der Waals surface area contributed by atoms with Gasteiger partial charge in [-0.05, 0) is 56.7 Å². The molecule has 1 amide bonds. The summed E-state index contributed by atoms with van der Waals surface area (Å²) in [5.74, 6) is 0.270. The maximum atomic E-state index is 12.2. The van der Waals surface area contributed by atoms with Gasteiger partial charge in [0.15, 0.2) is 0 Å². The van der Waals surface area contributed by atoms with E-state index in [1.807, 2.05) is 20.8 Å². The molecule has 25 heavy (non-hydrogen) atoms. The number of thiophene rings is 1. The first-order chi connectivity index (χ1) is 11.8. The molecule has 0 aliphatic heterocycles. The van der Waals surface area contributed by atoms with Crippen LogP contribution in [0.3, 0.4) is 0 Å². The molecule has 0 spiro atoms. The van der Waals surface area contributed by atoms with E-state index < -0.39 is 15.9 Å². The molecular formula is C17H22N2O4S2. The lowest BCUT2D eigenvalue weighted by molar-refractivity contribution is -0.115. The summed E-state index contributed by atoms with van der Waals surface area (Å²) in [6.45, 7) is 5.49. The molecule has 8 heteroatoms. The van der Waals surface area contributed by atoms with E-state index in [2.05, 4.69) is 10.0 Å². The number of aryl methyl sites for hydroxylation is 1. The molecule has 6 nitrogen and oxygen atoms in total. The number of amides is 1. The van der Waals surface area contributed by atoms with Crippen molar-refractivity contribution in [2.45, 2.75) is 37.5 Å². The Kier molecular flexibility index (Phi) is 6.57. The average molecular weight is 383 g/mol. The van der Waals surface area contributed by atoms with Gasteiger partial charge in [0, 0.05) is 10.6 Å². The minimum atomic E-state index is -3.67. The third-order valence-corrected chi connectivity index (χ3v) is 6.31. The lowest BCUT2D eigenvalue weighted by Crippen LogP contribution is -2.32. The van der Waals surface area contributed by atoms with Crippen LogP contribution in [-0.2, 0) is 21.2 Å². The van der Waals surface area contributed by atoms with E-state index in [0.29, 0.717) is 11.4 Å². The molecule has 1 aromatic carbocycles. The summed E-state index contributed by atoms with van der Waals surface area (Å²) in [4.78, 5) is 12.9. The van der Waals surface area contributed by atoms with Crippen molar-refractivity contribution in [1.82, 2.24) is 4.72 Å². The van der Waals surface area contributed by atoms with Crippen LogP contribution < -0.4 is 14.8 Å². The number of sulfonamides is 1. The molecule has 0 saturated heterocycles. The van der Waals surface area contributed by atoms with Gasteiger partial charge in [0.25, 0.3) is 10.0 Å². The molecule has 0 saturated carbocycles. The SMILES string of the molecule is CCc1ccc(S(=O)(=O)NCC(=O)Nc2ccc(OC(C)C)cc2)s1. The van der Waals surface area contributed by atoms with Gasteiger partial charge in [-0.15, -0.1) is 11.3 Å². The minimum absolute atomic E-state index is 0.0697. The van der Waals surface area contributed by atoms with Crippen LogP contribution in [0.4, 0.5) is 5.69 Å². The van der Waals surface area contributed by atoms with Crippen molar-refractivity contribution in [3.05, 3.63) is 41.3 Å². The van der Waals surface area contributed by atoms with Gasteiger partial charge in [-0.3, -0.25) is 4.79 Å². The number of carbonyl (C=O) groups is 1. The van der Waals surface area contributed by atoms with Crippen molar-refractivity contribution in [2.75, 3.05) is 11.9 Å². The monoisotopic (exact) mass is 382 g/mol. The Balaban J connectivity index is 1.89. The first-order valence-electron chi connectivity index (χ1n) is 7.95. The molecule has 1 aromatic heterocycles. The van der Waals surface area contributed by atoms with Gasteiger partial charge < -0.3 is 10.1 Å². The van der Waals surface area contributed by atoms with Crippen LogP contribution in [0, 0.1) is 0 Å². The highest BCUT2D eigenvalue weighted by molar-refractivity contribution is 7.91. The Morgan fingerprint density at radius 3 is 2.40 bits per heavy atom. The number of benzene rings is 1. The number of nitrogens with one attached hydrogen (secondary N) is 2. The summed E-state index contributed by atoms with van der Waals surface area (Å²) in [5.41, 5.74) is 0.574. The molecule has 0 aliphatic carbocycles. The minimum Gasteiger partial charge on any atom is -0.491 e. The van der Waals surface area contributed by atoms with E-state index in [-0.39, 0.29) is 16.9 Å². The molecule has 2 rings (SSSR count). The van der Waals surface area contributed by atoms with Crippen LogP contribution in [0.5, 0.6) is 5.75 Å². The van der Waals surface area contributed by atoms with Crippen LogP contribution in [0.25, 0.3) is 0 Å². The first-order valence-corrected chi connectivity index (χ1v) is 10.2. The summed E-state index contributed by atoms with van der Waals surface area (Å²) in [6, 6.07) is 10.2. The maximum absolute atomic E-state index is 12.2. The van der Waals surface area contributed by atoms with Crippen LogP contribution in [0.1, 0.15) is 25.6 Å². The zero-order valence-corrected chi connectivity index (χ0v) is 16.0. The summed E-state index contributed by atoms with van der Waals surface area (Å²) < 4.78 is 32.4. The van der Waals surface area contributed by atoms with Gasteiger partial charge in [-0.2, -0.15) is 0 Å². The van der Waals surface area contributed by atoms with Crippen molar-refractivity contribution < 1.29 is 17.9 Å². The molecular weight excluding hydrogens is 360 g/mol. The molecule has 2 aromatic rings. The summed E-state index contributed by atoms with van der Waals surface area (Å²) in [5, 5.41) is 2.64. The van der Waals surface area contributed by atoms with E-state index >= 15 is 0 Å². The molecule has 0 radical (unpaired) electrons. The number of hydrogen-bond acceptors (Lipinski definition) is 5. The number of ether oxygens (including phenoxy) is 1. The normalized spacial score (nSPS) is 11.5. The van der Waals surface area contributed by atoms with E-state index in [1.165, 1.54) is 11.3 Å². The maximum Gasteiger partial charge on any atom is 0.250 e. The Hall–Kier alpha value is -1.90. The second-order valence-electron chi connectivity index (χ2n) is 5.64. The lowest BCUT2D eigenvalue weighted by Gasteiger charge is -2.11. The van der Waals surface area contributed by atoms with E-state index in [9.17, 15) is 13.2 Å². The van der Waals surface area contributed by atoms with Crippen LogP contribution in [0.2, 0.25) is 0 Å². The van der Waals surface area contributed by atoms with Gasteiger partial charge >= 0.3 is 0 Å². The molecule has 0 fully saturated rings. The molecule has 0 aliphatic rings. The fraction of sp³-hybridized carbons (Fsp3) is 0.353. The molecule has 0 unspecified atom stereocenters. The smallest absolute Gasteiger partial charge is 0.250 e. The van der Waals surface area contributed by atoms with Gasteiger partial charge in [0.05, 0.1) is 12.6 Å². The van der Waals surface area contributed by atoms with Crippen LogP contribution >= 0.6 is 11.3 Å². The van der Waals surface area contributed by atoms with Gasteiger partial charge in [0.1, 0.15) is 9.96 Å². The van der Waals surface area contributed by atoms with E-state index in [4.69, 9.17) is 4.74 Å². The summed E-state index contributed by atoms with van der Waals surface area (Å²) in [7, 11) is -3.67. The van der Waals surface area contributed by atoms with Crippen molar-refractivity contribution in [3.8, 4) is 5.75 Å². The largest absolute Gasteiger partial charge is 0.491 e. The molecule has 0 atom stereocenters. The Bertz CT molecular complexity index is 811. The van der Waals surface area contributed by atoms with Gasteiger partial charge in [0.2, 0.25) is 5.91 Å². The average Bonchev–Trinajstić information content (AvgIpc) is 3.04. The van der Waals surface area contributed by atoms with Gasteiger partial charge in [-0.25, -0.2) is 13.1 Å². The lowest BCUT2D eigenvalue weighted by atomic mass is 10.3. The van der Waals surface area contributed by atoms with Crippen molar-refractivity contribution in [1.29, 1.82) is 0 Å². The third kappa shape index (κ3) is 5.84. The zero-order valence-electron chi connectivity index (χ0n) is 14.4. The Morgan fingerprint density at radius 2 is 1.84 bits per heavy atom. The van der Waals surface area contributed by atoms with Crippen molar-refractivity contribution in [2.24, 2.45) is 0 Å². The van der Waals surface area contributed by atoms with Crippen LogP contribution in [0.15, 0.2) is 40.6 Å². The number of carbonyl (C=O) groups excluding carboxylic acids is 1. The third-order valence-electron chi connectivity index (χ3n) is 3.18. The van der Waals surface area contributed by atoms with Gasteiger partial charge in [-0.1, -0.05) is 6.92 Å². The highest BCUT2D eigenvalue weighted by Gasteiger charge is 2.17. The fourth-order valence-electron chi connectivity index (χ4n) is 2.02. The summed E-state index contributed by atoms with van der Waals surface area (Å²) >= 11 is 1.21. The highest BCUT2D eigenvalue weighted by Crippen LogP contribution is 2.21. The highest BCUT2D eigenvalue weighted by atomic mass is 32.2. The Morgan fingerprint density at radius 1 is 1.16 bits per heavy atom. The second kappa shape index (κ2) is 8.46. The topological polar surface area (TPSA) is 84.5 Å². The predicted octanol–water partition coefficient (Wildman–Crippen LogP) is 3.01. The second-order valence-corrected chi connectivity index (χ2v) is 8.80. The molecule has 0 bridgehead atoms. The van der Waals surface area contributed by atoms with Crippen LogP contribution in [-0.4, -0.2) is 27.0 Å². The van der Waals surface area contributed by atoms with Crippen molar-refractivity contribution in [3.63, 3.8) is 0 Å². The van der Waals surface area contributed by atoms with E-state index in [0.717, 1.165) is 11.3 Å².